The highest BCUT2D eigenvalue weighted by Gasteiger charge is 2.20. The largest absolute Gasteiger partial charge is 0.496 e. The second-order valence-corrected chi connectivity index (χ2v) is 4.64. The summed E-state index contributed by atoms with van der Waals surface area (Å²) in [5, 5.41) is 0.896. The quantitative estimate of drug-likeness (QED) is 0.814. The summed E-state index contributed by atoms with van der Waals surface area (Å²) in [5.74, 6) is 0.993. The maximum absolute atomic E-state index is 12.4. The zero-order chi connectivity index (χ0) is 13.1. The molecule has 0 saturated carbocycles. The average Bonchev–Trinajstić information content (AvgIpc) is 2.81. The summed E-state index contributed by atoms with van der Waals surface area (Å²) in [6, 6.07) is 5.76. The molecule has 96 valence electrons. The van der Waals surface area contributed by atoms with Crippen molar-refractivity contribution < 1.29 is 9.53 Å². The third kappa shape index (κ3) is 2.13. The van der Waals surface area contributed by atoms with Crippen molar-refractivity contribution in [3.05, 3.63) is 30.0 Å². The molecule has 1 aromatic heterocycles. The Balaban J connectivity index is 2.48. The van der Waals surface area contributed by atoms with E-state index in [2.05, 4.69) is 11.9 Å². The fraction of sp³-hybridized carbons (Fsp3) is 0.400. The summed E-state index contributed by atoms with van der Waals surface area (Å²) in [5.41, 5.74) is 1.68. The number of aromatic nitrogens is 1. The number of fused-ring (bicyclic) bond motifs is 1. The summed E-state index contributed by atoms with van der Waals surface area (Å²) in [7, 11) is 1.63. The first-order valence-corrected chi connectivity index (χ1v) is 6.37. The summed E-state index contributed by atoms with van der Waals surface area (Å²) in [6.45, 7) is 4.08. The van der Waals surface area contributed by atoms with Crippen molar-refractivity contribution in [1.29, 1.82) is 0 Å². The highest BCUT2D eigenvalue weighted by Crippen LogP contribution is 2.30. The van der Waals surface area contributed by atoms with Crippen LogP contribution < -0.4 is 4.74 Å². The van der Waals surface area contributed by atoms with Gasteiger partial charge in [-0.15, -0.1) is 0 Å². The van der Waals surface area contributed by atoms with Crippen LogP contribution in [0.4, 0.5) is 0 Å². The van der Waals surface area contributed by atoms with Gasteiger partial charge in [-0.3, -0.25) is 4.79 Å². The smallest absolute Gasteiger partial charge is 0.167 e. The number of rotatable bonds is 5. The zero-order valence-corrected chi connectivity index (χ0v) is 11.1. The van der Waals surface area contributed by atoms with Gasteiger partial charge in [0.05, 0.1) is 12.5 Å². The van der Waals surface area contributed by atoms with Crippen molar-refractivity contribution in [2.45, 2.75) is 26.7 Å². The number of benzene rings is 1. The Kier molecular flexibility index (Phi) is 3.70. The molecule has 3 heteroatoms. The molecule has 0 amide bonds. The summed E-state index contributed by atoms with van der Waals surface area (Å²) >= 11 is 0. The number of ketones is 1. The Morgan fingerprint density at radius 1 is 1.44 bits per heavy atom. The van der Waals surface area contributed by atoms with Crippen LogP contribution >= 0.6 is 0 Å². The number of H-pyrrole nitrogens is 1. The number of hydrogen-bond donors (Lipinski definition) is 1. The molecule has 1 heterocycles. The van der Waals surface area contributed by atoms with Gasteiger partial charge in [-0.05, 0) is 18.6 Å². The van der Waals surface area contributed by atoms with E-state index >= 15 is 0 Å². The first-order valence-electron chi connectivity index (χ1n) is 6.37. The number of aromatic amines is 1. The third-order valence-corrected chi connectivity index (χ3v) is 3.32. The van der Waals surface area contributed by atoms with Crippen molar-refractivity contribution in [3.63, 3.8) is 0 Å². The third-order valence-electron chi connectivity index (χ3n) is 3.32. The molecule has 1 N–H and O–H groups in total. The molecule has 0 fully saturated rings. The predicted molar refractivity (Wildman–Crippen MR) is 73.3 cm³/mol. The second kappa shape index (κ2) is 5.25. The summed E-state index contributed by atoms with van der Waals surface area (Å²) in [6.07, 6.45) is 3.73. The molecule has 1 aromatic carbocycles. The van der Waals surface area contributed by atoms with Crippen LogP contribution in [0, 0.1) is 5.92 Å². The maximum atomic E-state index is 12.4. The van der Waals surface area contributed by atoms with Crippen LogP contribution in [0.1, 0.15) is 37.0 Å². The Hall–Kier alpha value is -1.77. The number of carbonyl (C=O) groups is 1. The molecule has 0 bridgehead atoms. The standard InChI is InChI=1S/C15H19NO2/c1-4-6-10(2)15(17)11-9-16-12-7-5-8-13(18-3)14(11)12/h5,7-10,16H,4,6H2,1-3H3. The Morgan fingerprint density at radius 3 is 2.89 bits per heavy atom. The molecule has 1 atom stereocenters. The Bertz CT molecular complexity index is 557. The molecule has 0 spiro atoms. The van der Waals surface area contributed by atoms with Gasteiger partial charge in [0.2, 0.25) is 0 Å². The topological polar surface area (TPSA) is 42.1 Å². The highest BCUT2D eigenvalue weighted by atomic mass is 16.5. The van der Waals surface area contributed by atoms with Crippen molar-refractivity contribution in [2.75, 3.05) is 7.11 Å². The summed E-state index contributed by atoms with van der Waals surface area (Å²) in [4.78, 5) is 15.5. The van der Waals surface area contributed by atoms with Gasteiger partial charge >= 0.3 is 0 Å². The maximum Gasteiger partial charge on any atom is 0.167 e. The van der Waals surface area contributed by atoms with Crippen molar-refractivity contribution >= 4 is 16.7 Å². The number of hydrogen-bond acceptors (Lipinski definition) is 2. The molecule has 2 rings (SSSR count). The van der Waals surface area contributed by atoms with E-state index in [-0.39, 0.29) is 11.7 Å². The number of ether oxygens (including phenoxy) is 1. The molecule has 0 aliphatic heterocycles. The molecule has 1 unspecified atom stereocenters. The van der Waals surface area contributed by atoms with Crippen LogP contribution in [-0.4, -0.2) is 17.9 Å². The van der Waals surface area contributed by atoms with Gasteiger partial charge in [0.1, 0.15) is 5.75 Å². The molecule has 0 aliphatic carbocycles. The van der Waals surface area contributed by atoms with Gasteiger partial charge < -0.3 is 9.72 Å². The molecule has 0 radical (unpaired) electrons. The summed E-state index contributed by atoms with van der Waals surface area (Å²) < 4.78 is 5.34. The fourth-order valence-corrected chi connectivity index (χ4v) is 2.35. The number of nitrogens with one attached hydrogen (secondary N) is 1. The van der Waals surface area contributed by atoms with E-state index in [1.807, 2.05) is 25.1 Å². The molecule has 0 aliphatic rings. The van der Waals surface area contributed by atoms with Gasteiger partial charge in [-0.2, -0.15) is 0 Å². The van der Waals surface area contributed by atoms with E-state index in [1.165, 1.54) is 0 Å². The van der Waals surface area contributed by atoms with E-state index in [1.54, 1.807) is 13.3 Å². The monoisotopic (exact) mass is 245 g/mol. The normalized spacial score (nSPS) is 12.6. The van der Waals surface area contributed by atoms with E-state index in [0.717, 1.165) is 35.1 Å². The Morgan fingerprint density at radius 2 is 2.22 bits per heavy atom. The van der Waals surface area contributed by atoms with Crippen LogP contribution in [0.3, 0.4) is 0 Å². The van der Waals surface area contributed by atoms with Crippen molar-refractivity contribution in [2.24, 2.45) is 5.92 Å². The van der Waals surface area contributed by atoms with Gasteiger partial charge in [0.25, 0.3) is 0 Å². The molecule has 2 aromatic rings. The van der Waals surface area contributed by atoms with Gasteiger partial charge in [-0.1, -0.05) is 26.3 Å². The lowest BCUT2D eigenvalue weighted by Crippen LogP contribution is -2.10. The fourth-order valence-electron chi connectivity index (χ4n) is 2.35. The van der Waals surface area contributed by atoms with E-state index in [9.17, 15) is 4.79 Å². The molecule has 3 nitrogen and oxygen atoms in total. The number of carbonyl (C=O) groups excluding carboxylic acids is 1. The van der Waals surface area contributed by atoms with E-state index in [4.69, 9.17) is 4.74 Å². The van der Waals surface area contributed by atoms with Crippen LogP contribution in [0.2, 0.25) is 0 Å². The molecular formula is C15H19NO2. The van der Waals surface area contributed by atoms with Crippen LogP contribution in [-0.2, 0) is 0 Å². The number of Topliss-reactive ketones (excluding diaryl/α,β-unsaturated/α-hetero) is 1. The van der Waals surface area contributed by atoms with E-state index in [0.29, 0.717) is 0 Å². The Labute approximate surface area is 107 Å². The first-order chi connectivity index (χ1) is 8.69. The van der Waals surface area contributed by atoms with Crippen molar-refractivity contribution in [3.8, 4) is 5.75 Å². The second-order valence-electron chi connectivity index (χ2n) is 4.64. The van der Waals surface area contributed by atoms with Gasteiger partial charge in [0.15, 0.2) is 5.78 Å². The minimum absolute atomic E-state index is 0.0545. The minimum Gasteiger partial charge on any atom is -0.496 e. The van der Waals surface area contributed by atoms with Crippen LogP contribution in [0.25, 0.3) is 10.9 Å². The lowest BCUT2D eigenvalue weighted by Gasteiger charge is -2.09. The zero-order valence-electron chi connectivity index (χ0n) is 11.1. The van der Waals surface area contributed by atoms with Gasteiger partial charge in [0, 0.05) is 23.2 Å². The minimum atomic E-state index is 0.0545. The molecular weight excluding hydrogens is 226 g/mol. The SMILES string of the molecule is CCCC(C)C(=O)c1c[nH]c2cccc(OC)c12. The van der Waals surface area contributed by atoms with Crippen LogP contribution in [0.5, 0.6) is 5.75 Å². The van der Waals surface area contributed by atoms with Gasteiger partial charge in [-0.25, -0.2) is 0 Å². The van der Waals surface area contributed by atoms with E-state index < -0.39 is 0 Å². The molecule has 18 heavy (non-hydrogen) atoms. The average molecular weight is 245 g/mol. The predicted octanol–water partition coefficient (Wildman–Crippen LogP) is 3.80. The lowest BCUT2D eigenvalue weighted by atomic mass is 9.95. The van der Waals surface area contributed by atoms with Crippen LogP contribution in [0.15, 0.2) is 24.4 Å². The highest BCUT2D eigenvalue weighted by molar-refractivity contribution is 6.10. The van der Waals surface area contributed by atoms with Crippen molar-refractivity contribution in [1.82, 2.24) is 4.98 Å². The number of methoxy groups -OCH3 is 1. The first kappa shape index (κ1) is 12.7. The lowest BCUT2D eigenvalue weighted by molar-refractivity contribution is 0.0925. The molecule has 0 saturated heterocycles.